The molecule has 162 valence electrons. The number of sulfonamides is 1. The van der Waals surface area contributed by atoms with Crippen molar-refractivity contribution in [3.63, 3.8) is 0 Å². The molecule has 30 heavy (non-hydrogen) atoms. The Bertz CT molecular complexity index is 982. The number of rotatable bonds is 7. The molecule has 1 atom stereocenters. The number of benzene rings is 2. The van der Waals surface area contributed by atoms with E-state index >= 15 is 0 Å². The Hall–Kier alpha value is -2.09. The molecule has 3 rings (SSSR count). The predicted octanol–water partition coefficient (Wildman–Crippen LogP) is 3.80. The number of nitrogens with zero attached hydrogens (tertiary/aromatic N) is 2. The normalized spacial score (nSPS) is 17.5. The standard InChI is InChI=1S/C22H27ClN2O4S/c1-3-29-21-12-11-19(14-20(21)23)30(27,28)25-13-7-10-18(16-25)22(26)24(2)15-17-8-5-4-6-9-17/h4-6,8-9,11-12,14,18H,3,7,10,13,15-16H2,1-2H3/t18-/m0/s1. The molecule has 2 aromatic rings. The van der Waals surface area contributed by atoms with E-state index in [1.54, 1.807) is 18.0 Å². The van der Waals surface area contributed by atoms with E-state index in [0.717, 1.165) is 5.56 Å². The molecule has 8 heteroatoms. The number of carbonyl (C=O) groups excluding carboxylic acids is 1. The van der Waals surface area contributed by atoms with Crippen LogP contribution in [0.5, 0.6) is 5.75 Å². The molecule has 0 bridgehead atoms. The van der Waals surface area contributed by atoms with Gasteiger partial charge in [0.05, 0.1) is 22.4 Å². The fourth-order valence-electron chi connectivity index (χ4n) is 3.67. The van der Waals surface area contributed by atoms with E-state index in [2.05, 4.69) is 0 Å². The van der Waals surface area contributed by atoms with Crippen LogP contribution in [0.3, 0.4) is 0 Å². The minimum absolute atomic E-state index is 0.0384. The van der Waals surface area contributed by atoms with Gasteiger partial charge >= 0.3 is 0 Å². The van der Waals surface area contributed by atoms with Crippen molar-refractivity contribution >= 4 is 27.5 Å². The van der Waals surface area contributed by atoms with Gasteiger partial charge in [-0.15, -0.1) is 0 Å². The summed E-state index contributed by atoms with van der Waals surface area (Å²) in [7, 11) is -1.99. The molecule has 1 saturated heterocycles. The van der Waals surface area contributed by atoms with Crippen molar-refractivity contribution in [3.8, 4) is 5.75 Å². The number of carbonyl (C=O) groups is 1. The predicted molar refractivity (Wildman–Crippen MR) is 117 cm³/mol. The van der Waals surface area contributed by atoms with Crippen molar-refractivity contribution in [1.29, 1.82) is 0 Å². The summed E-state index contributed by atoms with van der Waals surface area (Å²) in [5.74, 6) is 0.0521. The Morgan fingerprint density at radius 2 is 1.97 bits per heavy atom. The van der Waals surface area contributed by atoms with E-state index in [9.17, 15) is 13.2 Å². The Morgan fingerprint density at radius 3 is 2.63 bits per heavy atom. The Balaban J connectivity index is 1.71. The summed E-state index contributed by atoms with van der Waals surface area (Å²) in [4.78, 5) is 14.7. The highest BCUT2D eigenvalue weighted by atomic mass is 35.5. The largest absolute Gasteiger partial charge is 0.492 e. The molecule has 1 fully saturated rings. The third kappa shape index (κ3) is 5.14. The van der Waals surface area contributed by atoms with E-state index < -0.39 is 10.0 Å². The highest BCUT2D eigenvalue weighted by Gasteiger charge is 2.34. The van der Waals surface area contributed by atoms with Crippen LogP contribution in [0.2, 0.25) is 5.02 Å². The summed E-state index contributed by atoms with van der Waals surface area (Å²) in [6.07, 6.45) is 1.31. The zero-order chi connectivity index (χ0) is 21.7. The molecule has 0 aromatic heterocycles. The summed E-state index contributed by atoms with van der Waals surface area (Å²) < 4.78 is 33.1. The maximum absolute atomic E-state index is 13.1. The first-order chi connectivity index (χ1) is 14.3. The fourth-order valence-corrected chi connectivity index (χ4v) is 5.52. The Labute approximate surface area is 183 Å². The first kappa shape index (κ1) is 22.6. The van der Waals surface area contributed by atoms with E-state index in [0.29, 0.717) is 38.3 Å². The number of hydrogen-bond donors (Lipinski definition) is 0. The van der Waals surface area contributed by atoms with Gasteiger partial charge in [0.25, 0.3) is 0 Å². The molecule has 0 N–H and O–H groups in total. The number of hydrogen-bond acceptors (Lipinski definition) is 4. The number of piperidine rings is 1. The van der Waals surface area contributed by atoms with E-state index in [1.807, 2.05) is 37.3 Å². The molecule has 0 aliphatic carbocycles. The summed E-state index contributed by atoms with van der Waals surface area (Å²) in [5.41, 5.74) is 1.04. The zero-order valence-corrected chi connectivity index (χ0v) is 18.8. The highest BCUT2D eigenvalue weighted by molar-refractivity contribution is 7.89. The van der Waals surface area contributed by atoms with Crippen molar-refractivity contribution in [1.82, 2.24) is 9.21 Å². The van der Waals surface area contributed by atoms with Crippen molar-refractivity contribution in [2.75, 3.05) is 26.7 Å². The molecule has 0 unspecified atom stereocenters. The van der Waals surface area contributed by atoms with Crippen LogP contribution in [-0.2, 0) is 21.4 Å². The number of ether oxygens (including phenoxy) is 1. The lowest BCUT2D eigenvalue weighted by atomic mass is 9.98. The van der Waals surface area contributed by atoms with Gasteiger partial charge in [-0.2, -0.15) is 4.31 Å². The first-order valence-corrected chi connectivity index (χ1v) is 11.9. The second kappa shape index (κ2) is 9.81. The van der Waals surface area contributed by atoms with Crippen LogP contribution >= 0.6 is 11.6 Å². The van der Waals surface area contributed by atoms with Crippen LogP contribution in [0.1, 0.15) is 25.3 Å². The lowest BCUT2D eigenvalue weighted by Gasteiger charge is -2.33. The minimum Gasteiger partial charge on any atom is -0.492 e. The second-order valence-corrected chi connectivity index (χ2v) is 9.75. The van der Waals surface area contributed by atoms with E-state index in [1.165, 1.54) is 16.4 Å². The molecule has 1 amide bonds. The van der Waals surface area contributed by atoms with Crippen LogP contribution in [0, 0.1) is 5.92 Å². The molecule has 1 aliphatic heterocycles. The molecule has 6 nitrogen and oxygen atoms in total. The van der Waals surface area contributed by atoms with Gasteiger partial charge in [0.2, 0.25) is 15.9 Å². The van der Waals surface area contributed by atoms with Gasteiger partial charge < -0.3 is 9.64 Å². The first-order valence-electron chi connectivity index (χ1n) is 10.0. The van der Waals surface area contributed by atoms with Crippen LogP contribution in [0.25, 0.3) is 0 Å². The van der Waals surface area contributed by atoms with Crippen LogP contribution < -0.4 is 4.74 Å². The molecule has 0 spiro atoms. The Kier molecular flexibility index (Phi) is 7.39. The van der Waals surface area contributed by atoms with E-state index in [-0.39, 0.29) is 28.3 Å². The maximum Gasteiger partial charge on any atom is 0.243 e. The minimum atomic E-state index is -3.74. The quantitative estimate of drug-likeness (QED) is 0.643. The van der Waals surface area contributed by atoms with Gasteiger partial charge in [-0.3, -0.25) is 4.79 Å². The summed E-state index contributed by atoms with van der Waals surface area (Å²) in [6.45, 7) is 3.33. The van der Waals surface area contributed by atoms with Crippen LogP contribution in [0.4, 0.5) is 0 Å². The van der Waals surface area contributed by atoms with Crippen molar-refractivity contribution in [2.45, 2.75) is 31.2 Å². The summed E-state index contributed by atoms with van der Waals surface area (Å²) in [5, 5.41) is 0.255. The third-order valence-corrected chi connectivity index (χ3v) is 7.37. The van der Waals surface area contributed by atoms with Crippen LogP contribution in [0.15, 0.2) is 53.4 Å². The molecule has 0 saturated carbocycles. The number of amides is 1. The van der Waals surface area contributed by atoms with Gasteiger partial charge in [0.15, 0.2) is 0 Å². The lowest BCUT2D eigenvalue weighted by molar-refractivity contribution is -0.135. The SMILES string of the molecule is CCOc1ccc(S(=O)(=O)N2CCC[C@H](C(=O)N(C)Cc3ccccc3)C2)cc1Cl. The van der Waals surface area contributed by atoms with E-state index in [4.69, 9.17) is 16.3 Å². The molecule has 0 radical (unpaired) electrons. The number of halogens is 1. The molecule has 2 aromatic carbocycles. The molecule has 1 aliphatic rings. The zero-order valence-electron chi connectivity index (χ0n) is 17.3. The van der Waals surface area contributed by atoms with Gasteiger partial charge in [0, 0.05) is 26.7 Å². The van der Waals surface area contributed by atoms with Gasteiger partial charge in [-0.05, 0) is 43.5 Å². The topological polar surface area (TPSA) is 66.9 Å². The van der Waals surface area contributed by atoms with Crippen molar-refractivity contribution < 1.29 is 17.9 Å². The second-order valence-electron chi connectivity index (χ2n) is 7.41. The maximum atomic E-state index is 13.1. The smallest absolute Gasteiger partial charge is 0.243 e. The van der Waals surface area contributed by atoms with Crippen molar-refractivity contribution in [3.05, 3.63) is 59.1 Å². The lowest BCUT2D eigenvalue weighted by Crippen LogP contribution is -2.45. The van der Waals surface area contributed by atoms with Gasteiger partial charge in [-0.25, -0.2) is 8.42 Å². The molecular formula is C22H27ClN2O4S. The Morgan fingerprint density at radius 1 is 1.23 bits per heavy atom. The van der Waals surface area contributed by atoms with Gasteiger partial charge in [0.1, 0.15) is 5.75 Å². The molecular weight excluding hydrogens is 424 g/mol. The van der Waals surface area contributed by atoms with Crippen LogP contribution in [-0.4, -0.2) is 50.3 Å². The highest BCUT2D eigenvalue weighted by Crippen LogP contribution is 2.30. The monoisotopic (exact) mass is 450 g/mol. The summed E-state index contributed by atoms with van der Waals surface area (Å²) >= 11 is 6.18. The summed E-state index contributed by atoms with van der Waals surface area (Å²) in [6, 6.07) is 14.2. The van der Waals surface area contributed by atoms with Crippen molar-refractivity contribution in [2.24, 2.45) is 5.92 Å². The fraction of sp³-hybridized carbons (Fsp3) is 0.409. The average molecular weight is 451 g/mol. The van der Waals surface area contributed by atoms with Gasteiger partial charge in [-0.1, -0.05) is 41.9 Å². The third-order valence-electron chi connectivity index (χ3n) is 5.21. The average Bonchev–Trinajstić information content (AvgIpc) is 2.75. The molecule has 1 heterocycles.